The Kier molecular flexibility index (Phi) is 12.2. The maximum absolute atomic E-state index is 2.47. The molecule has 0 N–H and O–H groups in total. The first kappa shape index (κ1) is 47.2. The van der Waals surface area contributed by atoms with Gasteiger partial charge in [0.2, 0.25) is 0 Å². The molecular weight excluding hydrogens is 953 g/mol. The molecule has 79 heavy (non-hydrogen) atoms. The van der Waals surface area contributed by atoms with Gasteiger partial charge in [-0.3, -0.25) is 0 Å². The van der Waals surface area contributed by atoms with Crippen LogP contribution in [0, 0.1) is 0 Å². The van der Waals surface area contributed by atoms with Crippen LogP contribution in [0.2, 0.25) is 0 Å². The summed E-state index contributed by atoms with van der Waals surface area (Å²) in [5.74, 6) is 0. The highest BCUT2D eigenvalue weighted by atomic mass is 15.2. The molecule has 0 radical (unpaired) electrons. The minimum Gasteiger partial charge on any atom is -0.310 e. The number of fused-ring (bicyclic) bond motifs is 4. The molecule has 0 unspecified atom stereocenters. The van der Waals surface area contributed by atoms with Gasteiger partial charge < -0.3 is 9.80 Å². The molecule has 0 atom stereocenters. The van der Waals surface area contributed by atoms with Gasteiger partial charge >= 0.3 is 0 Å². The predicted octanol–water partition coefficient (Wildman–Crippen LogP) is 20.8. The van der Waals surface area contributed by atoms with E-state index < -0.39 is 5.41 Å². The molecule has 14 rings (SSSR count). The Morgan fingerprint density at radius 2 is 0.722 bits per heavy atom. The first-order valence-electron chi connectivity index (χ1n) is 27.2. The minimum absolute atomic E-state index is 0.577. The van der Waals surface area contributed by atoms with Crippen molar-refractivity contribution in [1.82, 2.24) is 0 Å². The third kappa shape index (κ3) is 8.39. The third-order valence-corrected chi connectivity index (χ3v) is 15.9. The van der Waals surface area contributed by atoms with Crippen LogP contribution in [0.15, 0.2) is 328 Å². The van der Waals surface area contributed by atoms with Crippen LogP contribution in [0.25, 0.3) is 66.4 Å². The lowest BCUT2D eigenvalue weighted by atomic mass is 9.67. The first-order valence-corrected chi connectivity index (χ1v) is 27.2. The molecule has 0 fully saturated rings. The van der Waals surface area contributed by atoms with Gasteiger partial charge in [0.1, 0.15) is 0 Å². The zero-order chi connectivity index (χ0) is 52.5. The van der Waals surface area contributed by atoms with Crippen LogP contribution in [-0.2, 0) is 5.41 Å². The van der Waals surface area contributed by atoms with Gasteiger partial charge in [0.05, 0.1) is 11.1 Å². The molecule has 13 aromatic carbocycles. The normalized spacial score (nSPS) is 12.2. The molecule has 0 saturated carbocycles. The number of para-hydroxylation sites is 3. The van der Waals surface area contributed by atoms with E-state index in [1.165, 1.54) is 60.8 Å². The molecule has 372 valence electrons. The second-order valence-corrected chi connectivity index (χ2v) is 20.4. The van der Waals surface area contributed by atoms with Crippen molar-refractivity contribution in [2.45, 2.75) is 5.41 Å². The van der Waals surface area contributed by atoms with E-state index in [4.69, 9.17) is 0 Å². The standard InChI is InChI=1S/C77H54N2/c1-7-26-55(27-8-1)68-41-22-24-45-75(68)79(64-39-17-6-18-40-64)67-52-60(58-31-25-32-59(50-58)70-48-46-56-28-19-20-42-69(56)76(70)57-29-9-2-10-30-57)51-66(53-67)78(63-37-15-5-16-38-63)65-47-49-72-71-43-21-23-44-73(71)77(74(72)54-65,61-33-11-3-12-34-61)62-35-13-4-14-36-62/h1-54H. The van der Waals surface area contributed by atoms with Crippen LogP contribution < -0.4 is 9.80 Å². The summed E-state index contributed by atoms with van der Waals surface area (Å²) in [7, 11) is 0. The number of benzene rings is 13. The van der Waals surface area contributed by atoms with Gasteiger partial charge in [-0.05, 0) is 150 Å². The summed E-state index contributed by atoms with van der Waals surface area (Å²) < 4.78 is 0. The van der Waals surface area contributed by atoms with Crippen LogP contribution in [0.3, 0.4) is 0 Å². The lowest BCUT2D eigenvalue weighted by Gasteiger charge is -2.35. The van der Waals surface area contributed by atoms with E-state index in [9.17, 15) is 0 Å². The monoisotopic (exact) mass is 1010 g/mol. The fraction of sp³-hybridized carbons (Fsp3) is 0.0130. The van der Waals surface area contributed by atoms with E-state index in [0.29, 0.717) is 0 Å². The number of hydrogen-bond acceptors (Lipinski definition) is 2. The summed E-state index contributed by atoms with van der Waals surface area (Å²) in [5.41, 5.74) is 22.5. The van der Waals surface area contributed by atoms with Gasteiger partial charge in [-0.1, -0.05) is 261 Å². The molecule has 0 bridgehead atoms. The van der Waals surface area contributed by atoms with Crippen LogP contribution >= 0.6 is 0 Å². The second kappa shape index (κ2) is 20.3. The number of anilines is 6. The molecule has 0 spiro atoms. The average molecular weight is 1010 g/mol. The number of rotatable bonds is 12. The largest absolute Gasteiger partial charge is 0.310 e. The Hall–Kier alpha value is -10.3. The highest BCUT2D eigenvalue weighted by Crippen LogP contribution is 2.58. The van der Waals surface area contributed by atoms with Crippen molar-refractivity contribution < 1.29 is 0 Å². The smallest absolute Gasteiger partial charge is 0.0714 e. The summed E-state index contributed by atoms with van der Waals surface area (Å²) in [6.07, 6.45) is 0. The van der Waals surface area contributed by atoms with Crippen molar-refractivity contribution >= 4 is 44.9 Å². The molecule has 1 aliphatic rings. The first-order chi connectivity index (χ1) is 39.2. The van der Waals surface area contributed by atoms with Gasteiger partial charge in [-0.2, -0.15) is 0 Å². The Morgan fingerprint density at radius 1 is 0.228 bits per heavy atom. The van der Waals surface area contributed by atoms with E-state index in [1.54, 1.807) is 0 Å². The highest BCUT2D eigenvalue weighted by Gasteiger charge is 2.46. The molecule has 0 amide bonds. The van der Waals surface area contributed by atoms with E-state index in [-0.39, 0.29) is 0 Å². The van der Waals surface area contributed by atoms with Gasteiger partial charge in [-0.15, -0.1) is 0 Å². The lowest BCUT2D eigenvalue weighted by Crippen LogP contribution is -2.28. The van der Waals surface area contributed by atoms with Gasteiger partial charge in [-0.25, -0.2) is 0 Å². The Bertz CT molecular complexity index is 4250. The molecule has 0 heterocycles. The zero-order valence-electron chi connectivity index (χ0n) is 43.6. The molecule has 2 heteroatoms. The number of hydrogen-bond donors (Lipinski definition) is 0. The quantitative estimate of drug-likeness (QED) is 0.120. The van der Waals surface area contributed by atoms with Crippen molar-refractivity contribution in [2.75, 3.05) is 9.80 Å². The number of nitrogens with zero attached hydrogens (tertiary/aromatic N) is 2. The van der Waals surface area contributed by atoms with Crippen molar-refractivity contribution in [1.29, 1.82) is 0 Å². The summed E-state index contributed by atoms with van der Waals surface area (Å²) in [6.45, 7) is 0. The van der Waals surface area contributed by atoms with E-state index in [2.05, 4.69) is 337 Å². The van der Waals surface area contributed by atoms with Crippen LogP contribution in [0.5, 0.6) is 0 Å². The third-order valence-electron chi connectivity index (χ3n) is 15.9. The molecule has 13 aromatic rings. The van der Waals surface area contributed by atoms with Crippen LogP contribution in [0.4, 0.5) is 34.1 Å². The van der Waals surface area contributed by atoms with E-state index in [0.717, 1.165) is 61.9 Å². The van der Waals surface area contributed by atoms with Gasteiger partial charge in [0.25, 0.3) is 0 Å². The topological polar surface area (TPSA) is 6.48 Å². The van der Waals surface area contributed by atoms with Crippen molar-refractivity contribution in [3.63, 3.8) is 0 Å². The van der Waals surface area contributed by atoms with Crippen molar-refractivity contribution in [2.24, 2.45) is 0 Å². The van der Waals surface area contributed by atoms with Gasteiger partial charge in [0, 0.05) is 34.0 Å². The van der Waals surface area contributed by atoms with E-state index >= 15 is 0 Å². The predicted molar refractivity (Wildman–Crippen MR) is 332 cm³/mol. The van der Waals surface area contributed by atoms with E-state index in [1.807, 2.05) is 0 Å². The Labute approximate surface area is 463 Å². The molecule has 1 aliphatic carbocycles. The molecule has 0 aliphatic heterocycles. The summed E-state index contributed by atoms with van der Waals surface area (Å²) >= 11 is 0. The van der Waals surface area contributed by atoms with Crippen LogP contribution in [0.1, 0.15) is 22.3 Å². The van der Waals surface area contributed by atoms with Crippen molar-refractivity contribution in [3.05, 3.63) is 350 Å². The van der Waals surface area contributed by atoms with Crippen LogP contribution in [-0.4, -0.2) is 0 Å². The SMILES string of the molecule is c1ccc(-c2ccccc2N(c2ccccc2)c2cc(-c3cccc(-c4ccc5ccccc5c4-c4ccccc4)c3)cc(N(c3ccccc3)c3ccc4c(c3)C(c3ccccc3)(c3ccccc3)c3ccccc3-4)c2)cc1. The zero-order valence-corrected chi connectivity index (χ0v) is 43.6. The van der Waals surface area contributed by atoms with Crippen molar-refractivity contribution in [3.8, 4) is 55.6 Å². The minimum atomic E-state index is -0.577. The molecule has 0 saturated heterocycles. The Morgan fingerprint density at radius 3 is 1.41 bits per heavy atom. The summed E-state index contributed by atoms with van der Waals surface area (Å²) in [5, 5.41) is 2.45. The summed E-state index contributed by atoms with van der Waals surface area (Å²) in [4.78, 5) is 4.90. The summed E-state index contributed by atoms with van der Waals surface area (Å²) in [6, 6.07) is 120. The molecule has 0 aromatic heterocycles. The average Bonchev–Trinajstić information content (AvgIpc) is 4.10. The Balaban J connectivity index is 1.03. The van der Waals surface area contributed by atoms with Gasteiger partial charge in [0.15, 0.2) is 0 Å². The fourth-order valence-electron chi connectivity index (χ4n) is 12.4. The molecular formula is C77H54N2. The lowest BCUT2D eigenvalue weighted by molar-refractivity contribution is 0.768. The molecule has 2 nitrogen and oxygen atoms in total. The highest BCUT2D eigenvalue weighted by molar-refractivity contribution is 6.05. The second-order valence-electron chi connectivity index (χ2n) is 20.4. The maximum atomic E-state index is 2.47. The fourth-order valence-corrected chi connectivity index (χ4v) is 12.4. The maximum Gasteiger partial charge on any atom is 0.0714 e.